The summed E-state index contributed by atoms with van der Waals surface area (Å²) in [7, 11) is 1.63. The highest BCUT2D eigenvalue weighted by Gasteiger charge is 2.47. The molecule has 1 aliphatic heterocycles. The minimum Gasteiger partial charge on any atom is -0.368 e. The van der Waals surface area contributed by atoms with Crippen molar-refractivity contribution >= 4 is 0 Å². The highest BCUT2D eigenvalue weighted by Crippen LogP contribution is 2.30. The van der Waals surface area contributed by atoms with Gasteiger partial charge in [-0.2, -0.15) is 0 Å². The van der Waals surface area contributed by atoms with Crippen LogP contribution in [0.15, 0.2) is 91.0 Å². The minimum absolute atomic E-state index is 0.226. The molecule has 0 spiro atoms. The summed E-state index contributed by atoms with van der Waals surface area (Å²) in [5.41, 5.74) is 3.27. The maximum absolute atomic E-state index is 6.46. The van der Waals surface area contributed by atoms with E-state index in [1.54, 1.807) is 7.11 Å². The highest BCUT2D eigenvalue weighted by atomic mass is 16.7. The van der Waals surface area contributed by atoms with E-state index in [0.717, 1.165) is 16.7 Å². The predicted octanol–water partition coefficient (Wildman–Crippen LogP) is 5.13. The summed E-state index contributed by atoms with van der Waals surface area (Å²) in [6.45, 7) is 3.34. The summed E-state index contributed by atoms with van der Waals surface area (Å²) in [6, 6.07) is 30.3. The summed E-state index contributed by atoms with van der Waals surface area (Å²) >= 11 is 0. The van der Waals surface area contributed by atoms with E-state index < -0.39 is 12.4 Å². The topological polar surface area (TPSA) is 46.2 Å². The maximum Gasteiger partial charge on any atom is 0.186 e. The smallest absolute Gasteiger partial charge is 0.186 e. The van der Waals surface area contributed by atoms with Crippen molar-refractivity contribution in [1.29, 1.82) is 0 Å². The number of ether oxygens (including phenoxy) is 5. The van der Waals surface area contributed by atoms with Crippen LogP contribution in [0, 0.1) is 0 Å². The summed E-state index contributed by atoms with van der Waals surface area (Å²) in [4.78, 5) is 0. The Balaban J connectivity index is 1.53. The Kier molecular flexibility index (Phi) is 8.64. The van der Waals surface area contributed by atoms with Gasteiger partial charge in [-0.3, -0.25) is 0 Å². The first-order valence-corrected chi connectivity index (χ1v) is 11.4. The van der Waals surface area contributed by atoms with E-state index in [2.05, 4.69) is 24.3 Å². The van der Waals surface area contributed by atoms with Crippen LogP contribution in [0.5, 0.6) is 0 Å². The van der Waals surface area contributed by atoms with E-state index in [1.165, 1.54) is 0 Å². The Labute approximate surface area is 196 Å². The molecule has 5 heteroatoms. The molecule has 1 aliphatic rings. The Morgan fingerprint density at radius 1 is 0.576 bits per heavy atom. The fraction of sp³-hybridized carbons (Fsp3) is 0.357. The highest BCUT2D eigenvalue weighted by molar-refractivity contribution is 5.15. The molecule has 0 aromatic heterocycles. The van der Waals surface area contributed by atoms with Crippen molar-refractivity contribution in [3.05, 3.63) is 108 Å². The number of methoxy groups -OCH3 is 1. The number of benzene rings is 3. The van der Waals surface area contributed by atoms with Gasteiger partial charge in [0.25, 0.3) is 0 Å². The first-order valence-electron chi connectivity index (χ1n) is 11.4. The van der Waals surface area contributed by atoms with Gasteiger partial charge >= 0.3 is 0 Å². The SMILES string of the molecule is CO[C@H]1O[C@H](C)[C@@H](OCc2ccccc2)[C@H](OCc2ccccc2)[C@H]1OCc1ccccc1. The van der Waals surface area contributed by atoms with Crippen LogP contribution >= 0.6 is 0 Å². The molecule has 33 heavy (non-hydrogen) atoms. The second-order valence-electron chi connectivity index (χ2n) is 8.23. The molecule has 0 bridgehead atoms. The van der Waals surface area contributed by atoms with E-state index in [0.29, 0.717) is 19.8 Å². The van der Waals surface area contributed by atoms with Crippen molar-refractivity contribution in [2.45, 2.75) is 57.5 Å². The quantitative estimate of drug-likeness (QED) is 0.430. The minimum atomic E-state index is -0.555. The standard InChI is InChI=1S/C28H32O5/c1-21-25(30-18-22-12-6-3-7-13-22)26(31-19-23-14-8-4-9-15-23)27(28(29-2)33-21)32-20-24-16-10-5-11-17-24/h3-17,21,25-28H,18-20H2,1-2H3/t21-,25-,26+,27-,28+/m1/s1. The normalized spacial score (nSPS) is 25.1. The largest absolute Gasteiger partial charge is 0.368 e. The molecule has 3 aromatic rings. The molecule has 0 amide bonds. The second-order valence-corrected chi connectivity index (χ2v) is 8.23. The molecular formula is C28H32O5. The summed E-state index contributed by atoms with van der Waals surface area (Å²) in [5.74, 6) is 0. The molecule has 0 aliphatic carbocycles. The molecule has 1 fully saturated rings. The van der Waals surface area contributed by atoms with Gasteiger partial charge in [0.2, 0.25) is 0 Å². The average Bonchev–Trinajstić information content (AvgIpc) is 2.87. The van der Waals surface area contributed by atoms with Gasteiger partial charge in [0.05, 0.1) is 25.9 Å². The van der Waals surface area contributed by atoms with Gasteiger partial charge in [-0.15, -0.1) is 0 Å². The lowest BCUT2D eigenvalue weighted by Crippen LogP contribution is -2.59. The van der Waals surface area contributed by atoms with Crippen LogP contribution in [0.4, 0.5) is 0 Å². The molecule has 5 nitrogen and oxygen atoms in total. The molecule has 0 saturated carbocycles. The van der Waals surface area contributed by atoms with E-state index in [4.69, 9.17) is 23.7 Å². The third kappa shape index (κ3) is 6.50. The van der Waals surface area contributed by atoms with Crippen molar-refractivity contribution in [1.82, 2.24) is 0 Å². The molecule has 5 atom stereocenters. The van der Waals surface area contributed by atoms with Crippen molar-refractivity contribution in [3.63, 3.8) is 0 Å². The molecule has 3 aromatic carbocycles. The number of hydrogen-bond donors (Lipinski definition) is 0. The van der Waals surface area contributed by atoms with Crippen LogP contribution in [0.2, 0.25) is 0 Å². The maximum atomic E-state index is 6.46. The van der Waals surface area contributed by atoms with E-state index in [1.807, 2.05) is 73.7 Å². The number of hydrogen-bond acceptors (Lipinski definition) is 5. The number of rotatable bonds is 10. The molecule has 1 heterocycles. The van der Waals surface area contributed by atoms with Gasteiger partial charge in [-0.25, -0.2) is 0 Å². The fourth-order valence-corrected chi connectivity index (χ4v) is 4.06. The Morgan fingerprint density at radius 2 is 0.970 bits per heavy atom. The first kappa shape index (κ1) is 23.6. The summed E-state index contributed by atoms with van der Waals surface area (Å²) < 4.78 is 31.0. The monoisotopic (exact) mass is 448 g/mol. The molecule has 0 N–H and O–H groups in total. The second kappa shape index (κ2) is 12.1. The lowest BCUT2D eigenvalue weighted by atomic mass is 9.98. The third-order valence-electron chi connectivity index (χ3n) is 5.82. The van der Waals surface area contributed by atoms with Gasteiger partial charge in [0.15, 0.2) is 6.29 Å². The third-order valence-corrected chi connectivity index (χ3v) is 5.82. The van der Waals surface area contributed by atoms with Gasteiger partial charge in [-0.05, 0) is 23.6 Å². The van der Waals surface area contributed by atoms with Gasteiger partial charge in [0.1, 0.15) is 18.3 Å². The fourth-order valence-electron chi connectivity index (χ4n) is 4.06. The van der Waals surface area contributed by atoms with Crippen LogP contribution in [0.3, 0.4) is 0 Å². The van der Waals surface area contributed by atoms with Crippen LogP contribution in [0.1, 0.15) is 23.6 Å². The molecular weight excluding hydrogens is 416 g/mol. The Bertz CT molecular complexity index is 934. The zero-order chi connectivity index (χ0) is 22.9. The van der Waals surface area contributed by atoms with E-state index in [-0.39, 0.29) is 18.3 Å². The van der Waals surface area contributed by atoms with Crippen LogP contribution in [0.25, 0.3) is 0 Å². The molecule has 4 rings (SSSR count). The van der Waals surface area contributed by atoms with E-state index in [9.17, 15) is 0 Å². The van der Waals surface area contributed by atoms with Crippen LogP contribution in [-0.2, 0) is 43.5 Å². The lowest BCUT2D eigenvalue weighted by Gasteiger charge is -2.44. The van der Waals surface area contributed by atoms with Crippen LogP contribution < -0.4 is 0 Å². The van der Waals surface area contributed by atoms with Crippen molar-refractivity contribution in [2.24, 2.45) is 0 Å². The molecule has 0 radical (unpaired) electrons. The van der Waals surface area contributed by atoms with Gasteiger partial charge < -0.3 is 23.7 Å². The Hall–Kier alpha value is -2.54. The van der Waals surface area contributed by atoms with Gasteiger partial charge in [-0.1, -0.05) is 91.0 Å². The van der Waals surface area contributed by atoms with Gasteiger partial charge in [0, 0.05) is 7.11 Å². The molecule has 0 unspecified atom stereocenters. The zero-order valence-electron chi connectivity index (χ0n) is 19.2. The lowest BCUT2D eigenvalue weighted by molar-refractivity contribution is -0.314. The molecule has 174 valence electrons. The first-order chi connectivity index (χ1) is 16.2. The van der Waals surface area contributed by atoms with Crippen molar-refractivity contribution in [2.75, 3.05) is 7.11 Å². The van der Waals surface area contributed by atoms with Crippen molar-refractivity contribution < 1.29 is 23.7 Å². The Morgan fingerprint density at radius 3 is 1.39 bits per heavy atom. The van der Waals surface area contributed by atoms with E-state index >= 15 is 0 Å². The summed E-state index contributed by atoms with van der Waals surface area (Å²) in [5, 5.41) is 0. The zero-order valence-corrected chi connectivity index (χ0v) is 19.2. The summed E-state index contributed by atoms with van der Waals surface area (Å²) in [6.07, 6.45) is -1.92. The average molecular weight is 449 g/mol. The predicted molar refractivity (Wildman–Crippen MR) is 126 cm³/mol. The molecule has 1 saturated heterocycles. The van der Waals surface area contributed by atoms with Crippen molar-refractivity contribution in [3.8, 4) is 0 Å². The van der Waals surface area contributed by atoms with Crippen LogP contribution in [-0.4, -0.2) is 37.8 Å².